The second kappa shape index (κ2) is 8.24. The molecule has 1 aromatic rings. The van der Waals surface area contributed by atoms with E-state index in [0.717, 1.165) is 17.7 Å². The lowest BCUT2D eigenvalue weighted by molar-refractivity contribution is 0.380. The predicted octanol–water partition coefficient (Wildman–Crippen LogP) is 0.602. The molecule has 2 rings (SSSR count). The molecule has 0 aliphatic carbocycles. The minimum Gasteiger partial charge on any atom is -0.318 e. The van der Waals surface area contributed by atoms with Gasteiger partial charge in [0.05, 0.1) is 5.75 Å². The van der Waals surface area contributed by atoms with E-state index in [0.29, 0.717) is 23.7 Å². The monoisotopic (exact) mass is 395 g/mol. The predicted molar refractivity (Wildman–Crippen MR) is 96.3 cm³/mol. The molecule has 0 amide bonds. The first-order chi connectivity index (χ1) is 11.3. The fraction of sp³-hybridized carbons (Fsp3) is 0.714. The molecule has 0 bridgehead atoms. The van der Waals surface area contributed by atoms with Crippen molar-refractivity contribution in [2.24, 2.45) is 0 Å². The average Bonchev–Trinajstić information content (AvgIpc) is 3.17. The lowest BCUT2D eigenvalue weighted by Gasteiger charge is -2.23. The number of thiophene rings is 1. The van der Waals surface area contributed by atoms with E-state index in [2.05, 4.69) is 10.0 Å². The van der Waals surface area contributed by atoms with Gasteiger partial charge in [-0.25, -0.2) is 21.6 Å². The van der Waals surface area contributed by atoms with Crippen molar-refractivity contribution in [3.8, 4) is 0 Å². The zero-order valence-electron chi connectivity index (χ0n) is 14.0. The van der Waals surface area contributed by atoms with Gasteiger partial charge >= 0.3 is 0 Å². The fourth-order valence-corrected chi connectivity index (χ4v) is 6.54. The van der Waals surface area contributed by atoms with Crippen LogP contribution >= 0.6 is 11.3 Å². The molecule has 0 saturated carbocycles. The number of nitrogens with zero attached hydrogens (tertiary/aromatic N) is 1. The smallest absolute Gasteiger partial charge is 0.252 e. The van der Waals surface area contributed by atoms with Gasteiger partial charge in [-0.3, -0.25) is 0 Å². The van der Waals surface area contributed by atoms with E-state index in [9.17, 15) is 16.8 Å². The number of hydrogen-bond donors (Lipinski definition) is 2. The zero-order valence-corrected chi connectivity index (χ0v) is 16.4. The lowest BCUT2D eigenvalue weighted by Crippen LogP contribution is -2.40. The quantitative estimate of drug-likeness (QED) is 0.638. The molecule has 138 valence electrons. The van der Waals surface area contributed by atoms with Gasteiger partial charge in [-0.05, 0) is 45.4 Å². The molecule has 1 atom stereocenters. The summed E-state index contributed by atoms with van der Waals surface area (Å²) in [5.41, 5.74) is 0. The van der Waals surface area contributed by atoms with Crippen molar-refractivity contribution < 1.29 is 16.8 Å². The molecule has 1 aliphatic rings. The third kappa shape index (κ3) is 4.77. The maximum atomic E-state index is 12.8. The molecule has 1 aliphatic heterocycles. The summed E-state index contributed by atoms with van der Waals surface area (Å²) < 4.78 is 52.8. The van der Waals surface area contributed by atoms with Crippen LogP contribution in [0.25, 0.3) is 0 Å². The number of nitrogens with one attached hydrogen (secondary N) is 2. The van der Waals surface area contributed by atoms with Crippen molar-refractivity contribution in [2.75, 3.05) is 32.4 Å². The highest BCUT2D eigenvalue weighted by Crippen LogP contribution is 2.30. The molecule has 0 spiro atoms. The van der Waals surface area contributed by atoms with Crippen molar-refractivity contribution in [1.29, 1.82) is 0 Å². The number of rotatable bonds is 9. The maximum Gasteiger partial charge on any atom is 0.252 e. The van der Waals surface area contributed by atoms with Crippen LogP contribution in [0, 0.1) is 0 Å². The lowest BCUT2D eigenvalue weighted by atomic mass is 10.2. The summed E-state index contributed by atoms with van der Waals surface area (Å²) in [4.78, 5) is 0.858. The van der Waals surface area contributed by atoms with Gasteiger partial charge in [-0.1, -0.05) is 0 Å². The molecule has 0 aromatic carbocycles. The van der Waals surface area contributed by atoms with Crippen LogP contribution in [-0.4, -0.2) is 59.6 Å². The largest absolute Gasteiger partial charge is 0.318 e. The van der Waals surface area contributed by atoms with Crippen molar-refractivity contribution >= 4 is 31.4 Å². The van der Waals surface area contributed by atoms with E-state index >= 15 is 0 Å². The van der Waals surface area contributed by atoms with Crippen LogP contribution in [0.1, 0.15) is 24.6 Å². The summed E-state index contributed by atoms with van der Waals surface area (Å²) in [7, 11) is -4.87. The van der Waals surface area contributed by atoms with Gasteiger partial charge in [0.25, 0.3) is 10.0 Å². The summed E-state index contributed by atoms with van der Waals surface area (Å²) in [5, 5.41) is 3.05. The van der Waals surface area contributed by atoms with Crippen molar-refractivity contribution in [1.82, 2.24) is 14.3 Å². The van der Waals surface area contributed by atoms with Crippen LogP contribution < -0.4 is 10.0 Å². The summed E-state index contributed by atoms with van der Waals surface area (Å²) in [6, 6.07) is 3.39. The van der Waals surface area contributed by atoms with E-state index in [1.807, 2.05) is 7.05 Å². The van der Waals surface area contributed by atoms with Crippen LogP contribution in [0.3, 0.4) is 0 Å². The SMILES string of the molecule is CCS(=O)(=O)NCCc1ccc(S(=O)(=O)N2CCCC2CNC)s1. The Morgan fingerprint density at radius 2 is 2.04 bits per heavy atom. The Morgan fingerprint density at radius 3 is 2.71 bits per heavy atom. The molecule has 2 N–H and O–H groups in total. The average molecular weight is 396 g/mol. The number of likely N-dealkylation sites (N-methyl/N-ethyl adjacent to an activating group) is 1. The summed E-state index contributed by atoms with van der Waals surface area (Å²) >= 11 is 1.22. The minimum absolute atomic E-state index is 0.00177. The zero-order chi connectivity index (χ0) is 17.8. The van der Waals surface area contributed by atoms with Crippen molar-refractivity contribution in [3.63, 3.8) is 0 Å². The van der Waals surface area contributed by atoms with E-state index in [-0.39, 0.29) is 18.3 Å². The molecular weight excluding hydrogens is 370 g/mol. The Hall–Kier alpha value is -0.520. The Kier molecular flexibility index (Phi) is 6.80. The van der Waals surface area contributed by atoms with Crippen LogP contribution in [0.15, 0.2) is 16.3 Å². The highest BCUT2D eigenvalue weighted by atomic mass is 32.2. The summed E-state index contributed by atoms with van der Waals surface area (Å²) in [6.45, 7) is 3.06. The molecule has 24 heavy (non-hydrogen) atoms. The maximum absolute atomic E-state index is 12.8. The molecule has 7 nitrogen and oxygen atoms in total. The Balaban J connectivity index is 2.03. The molecule has 10 heteroatoms. The molecule has 0 radical (unpaired) electrons. The molecule has 2 heterocycles. The molecule has 1 fully saturated rings. The second-order valence-electron chi connectivity index (χ2n) is 5.74. The summed E-state index contributed by atoms with van der Waals surface area (Å²) in [6.07, 6.45) is 2.24. The van der Waals surface area contributed by atoms with Gasteiger partial charge in [0, 0.05) is 30.6 Å². The van der Waals surface area contributed by atoms with Crippen LogP contribution in [0.4, 0.5) is 0 Å². The van der Waals surface area contributed by atoms with E-state index < -0.39 is 20.0 Å². The normalized spacial score (nSPS) is 19.8. The summed E-state index contributed by atoms with van der Waals surface area (Å²) in [5.74, 6) is 0.0406. The van der Waals surface area contributed by atoms with Gasteiger partial charge in [-0.15, -0.1) is 11.3 Å². The third-order valence-electron chi connectivity index (χ3n) is 4.04. The minimum atomic E-state index is -3.47. The second-order valence-corrected chi connectivity index (χ2v) is 11.1. The van der Waals surface area contributed by atoms with Gasteiger partial charge in [0.15, 0.2) is 0 Å². The standard InChI is InChI=1S/C14H25N3O4S3/c1-3-23(18,19)16-9-8-13-6-7-14(22-13)24(20,21)17-10-4-5-12(17)11-15-2/h6-7,12,15-16H,3-5,8-11H2,1-2H3. The van der Waals surface area contributed by atoms with Gasteiger partial charge < -0.3 is 5.32 Å². The van der Waals surface area contributed by atoms with Gasteiger partial charge in [-0.2, -0.15) is 4.31 Å². The highest BCUT2D eigenvalue weighted by molar-refractivity contribution is 7.91. The molecular formula is C14H25N3O4S3. The topological polar surface area (TPSA) is 95.6 Å². The Bertz CT molecular complexity index is 743. The van der Waals surface area contributed by atoms with E-state index in [1.165, 1.54) is 11.3 Å². The molecule has 1 unspecified atom stereocenters. The fourth-order valence-electron chi connectivity index (χ4n) is 2.74. The Morgan fingerprint density at radius 1 is 1.29 bits per heavy atom. The first kappa shape index (κ1) is 19.8. The van der Waals surface area contributed by atoms with Gasteiger partial charge in [0.1, 0.15) is 4.21 Å². The Labute approximate surface area is 148 Å². The van der Waals surface area contributed by atoms with Crippen molar-refractivity contribution in [2.45, 2.75) is 36.4 Å². The van der Waals surface area contributed by atoms with Crippen molar-refractivity contribution in [3.05, 3.63) is 17.0 Å². The molecule has 1 saturated heterocycles. The third-order valence-corrected chi connectivity index (χ3v) is 9.00. The van der Waals surface area contributed by atoms with Gasteiger partial charge in [0.2, 0.25) is 10.0 Å². The first-order valence-electron chi connectivity index (χ1n) is 8.02. The van der Waals surface area contributed by atoms with E-state index in [4.69, 9.17) is 0 Å². The molecule has 1 aromatic heterocycles. The first-order valence-corrected chi connectivity index (χ1v) is 11.9. The van der Waals surface area contributed by atoms with Crippen LogP contribution in [0.5, 0.6) is 0 Å². The van der Waals surface area contributed by atoms with Crippen LogP contribution in [-0.2, 0) is 26.5 Å². The van der Waals surface area contributed by atoms with E-state index in [1.54, 1.807) is 23.4 Å². The number of sulfonamides is 2. The van der Waals surface area contributed by atoms with Crippen LogP contribution in [0.2, 0.25) is 0 Å². The number of hydrogen-bond acceptors (Lipinski definition) is 6. The highest BCUT2D eigenvalue weighted by Gasteiger charge is 2.35.